The zero-order chi connectivity index (χ0) is 31.7. The van der Waals surface area contributed by atoms with Gasteiger partial charge in [-0.15, -0.1) is 0 Å². The van der Waals surface area contributed by atoms with Gasteiger partial charge in [-0.1, -0.05) is 18.2 Å². The summed E-state index contributed by atoms with van der Waals surface area (Å²) in [5.74, 6) is -2.10. The van der Waals surface area contributed by atoms with Gasteiger partial charge in [0, 0.05) is 5.69 Å². The molecule has 1 N–H and O–H groups in total. The van der Waals surface area contributed by atoms with Crippen molar-refractivity contribution in [3.63, 3.8) is 0 Å². The third-order valence-electron chi connectivity index (χ3n) is 6.97. The molecule has 0 radical (unpaired) electrons. The maximum atomic E-state index is 13.6. The van der Waals surface area contributed by atoms with Crippen LogP contribution in [0, 0.1) is 11.3 Å². The molecule has 0 bridgehead atoms. The lowest BCUT2D eigenvalue weighted by molar-refractivity contribution is -0.137. The van der Waals surface area contributed by atoms with Crippen molar-refractivity contribution in [3.05, 3.63) is 88.5 Å². The van der Waals surface area contributed by atoms with E-state index in [1.54, 1.807) is 24.3 Å². The quantitative estimate of drug-likeness (QED) is 0.275. The van der Waals surface area contributed by atoms with Gasteiger partial charge < -0.3 is 19.7 Å². The Bertz CT molecular complexity index is 1680. The van der Waals surface area contributed by atoms with E-state index in [-0.39, 0.29) is 29.0 Å². The van der Waals surface area contributed by atoms with Crippen molar-refractivity contribution in [2.45, 2.75) is 32.1 Å². The molecule has 0 saturated carbocycles. The molecule has 222 valence electrons. The van der Waals surface area contributed by atoms with Crippen molar-refractivity contribution < 1.29 is 41.8 Å². The number of para-hydroxylation sites is 1. The van der Waals surface area contributed by atoms with Crippen LogP contribution in [0.5, 0.6) is 0 Å². The number of alkyl halides is 3. The molecule has 3 amide bonds. The van der Waals surface area contributed by atoms with E-state index in [0.29, 0.717) is 22.2 Å². The molecule has 1 aliphatic heterocycles. The van der Waals surface area contributed by atoms with E-state index in [2.05, 4.69) is 5.32 Å². The minimum absolute atomic E-state index is 0.102. The predicted octanol–water partition coefficient (Wildman–Crippen LogP) is 5.64. The largest absolute Gasteiger partial charge is 0.465 e. The number of benzene rings is 3. The van der Waals surface area contributed by atoms with E-state index >= 15 is 0 Å². The fraction of sp³-hybridized carbons (Fsp3) is 0.233. The SMILES string of the molecule is COC(=O)c1ccc(C(=O)OC)c(Nc2ccccc2CN2C(=O)N(c3ccc(C#N)c(C(F)(F)F)c3)C(=O)C2(C)C)c1. The third kappa shape index (κ3) is 5.72. The van der Waals surface area contributed by atoms with Gasteiger partial charge in [0.15, 0.2) is 0 Å². The van der Waals surface area contributed by atoms with E-state index in [4.69, 9.17) is 14.7 Å². The molecule has 0 spiro atoms. The third-order valence-corrected chi connectivity index (χ3v) is 6.97. The van der Waals surface area contributed by atoms with Crippen LogP contribution in [0.2, 0.25) is 0 Å². The fourth-order valence-corrected chi connectivity index (χ4v) is 4.61. The molecule has 0 unspecified atom stereocenters. The number of hydrogen-bond acceptors (Lipinski definition) is 8. The fourth-order valence-electron chi connectivity index (χ4n) is 4.61. The average molecular weight is 595 g/mol. The summed E-state index contributed by atoms with van der Waals surface area (Å²) in [6.45, 7) is 2.77. The highest BCUT2D eigenvalue weighted by molar-refractivity contribution is 6.23. The zero-order valence-electron chi connectivity index (χ0n) is 23.4. The Morgan fingerprint density at radius 3 is 2.26 bits per heavy atom. The molecule has 4 rings (SSSR count). The lowest BCUT2D eigenvalue weighted by atomic mass is 10.0. The predicted molar refractivity (Wildman–Crippen MR) is 148 cm³/mol. The highest BCUT2D eigenvalue weighted by Crippen LogP contribution is 2.39. The number of halogens is 3. The molecule has 13 heteroatoms. The Labute approximate surface area is 244 Å². The van der Waals surface area contributed by atoms with Crippen LogP contribution >= 0.6 is 0 Å². The Balaban J connectivity index is 1.72. The summed E-state index contributed by atoms with van der Waals surface area (Å²) in [5, 5.41) is 12.2. The molecule has 0 aromatic heterocycles. The maximum Gasteiger partial charge on any atom is 0.417 e. The van der Waals surface area contributed by atoms with Gasteiger partial charge in [-0.25, -0.2) is 19.3 Å². The number of urea groups is 1. The lowest BCUT2D eigenvalue weighted by Crippen LogP contribution is -2.43. The number of anilines is 3. The molecule has 0 aliphatic carbocycles. The number of imide groups is 1. The number of nitrogens with zero attached hydrogens (tertiary/aromatic N) is 3. The first-order chi connectivity index (χ1) is 20.2. The number of carbonyl (C=O) groups excluding carboxylic acids is 4. The molecule has 43 heavy (non-hydrogen) atoms. The number of amides is 3. The summed E-state index contributed by atoms with van der Waals surface area (Å²) >= 11 is 0. The lowest BCUT2D eigenvalue weighted by Gasteiger charge is -2.28. The van der Waals surface area contributed by atoms with Crippen LogP contribution in [0.1, 0.15) is 51.3 Å². The number of methoxy groups -OCH3 is 2. The summed E-state index contributed by atoms with van der Waals surface area (Å²) in [7, 11) is 2.41. The van der Waals surface area contributed by atoms with Crippen molar-refractivity contribution >= 4 is 40.9 Å². The van der Waals surface area contributed by atoms with Crippen LogP contribution in [0.25, 0.3) is 0 Å². The van der Waals surface area contributed by atoms with Crippen LogP contribution in [0.15, 0.2) is 60.7 Å². The second-order valence-corrected chi connectivity index (χ2v) is 9.93. The maximum absolute atomic E-state index is 13.6. The number of ether oxygens (including phenoxy) is 2. The first-order valence-electron chi connectivity index (χ1n) is 12.7. The van der Waals surface area contributed by atoms with Crippen molar-refractivity contribution in [1.82, 2.24) is 4.90 Å². The minimum atomic E-state index is -4.89. The number of carbonyl (C=O) groups is 4. The van der Waals surface area contributed by atoms with Gasteiger partial charge in [-0.2, -0.15) is 18.4 Å². The summed E-state index contributed by atoms with van der Waals surface area (Å²) in [4.78, 5) is 53.5. The summed E-state index contributed by atoms with van der Waals surface area (Å²) in [6, 6.07) is 14.1. The summed E-state index contributed by atoms with van der Waals surface area (Å²) in [5.41, 5.74) is -2.38. The van der Waals surface area contributed by atoms with E-state index in [9.17, 15) is 32.3 Å². The molecule has 0 atom stereocenters. The van der Waals surface area contributed by atoms with Crippen molar-refractivity contribution in [2.24, 2.45) is 0 Å². The molecule has 1 aliphatic rings. The zero-order valence-corrected chi connectivity index (χ0v) is 23.4. The molecule has 1 heterocycles. The van der Waals surface area contributed by atoms with Gasteiger partial charge >= 0.3 is 24.1 Å². The molecule has 1 fully saturated rings. The standard InChI is InChI=1S/C30H25F3N4O6/c1-29(2)27(40)37(20-11-9-18(15-34)22(14-20)30(31,32)33)28(41)36(29)16-19-7-5-6-8-23(19)35-24-13-17(25(38)42-3)10-12-21(24)26(39)43-4/h5-14,35H,16H2,1-4H3. The average Bonchev–Trinajstić information content (AvgIpc) is 3.15. The normalized spacial score (nSPS) is 14.4. The first-order valence-corrected chi connectivity index (χ1v) is 12.7. The van der Waals surface area contributed by atoms with E-state index in [1.807, 2.05) is 0 Å². The van der Waals surface area contributed by atoms with E-state index < -0.39 is 46.7 Å². The number of esters is 2. The van der Waals surface area contributed by atoms with Crippen LogP contribution < -0.4 is 10.2 Å². The summed E-state index contributed by atoms with van der Waals surface area (Å²) in [6.07, 6.45) is -4.89. The topological polar surface area (TPSA) is 129 Å². The molecule has 3 aromatic carbocycles. The molecular formula is C30H25F3N4O6. The number of rotatable bonds is 7. The molecule has 10 nitrogen and oxygen atoms in total. The molecule has 1 saturated heterocycles. The van der Waals surface area contributed by atoms with Crippen LogP contribution in [0.3, 0.4) is 0 Å². The second kappa shape index (κ2) is 11.5. The van der Waals surface area contributed by atoms with Crippen LogP contribution in [0.4, 0.5) is 35.0 Å². The Kier molecular flexibility index (Phi) is 8.16. The second-order valence-electron chi connectivity index (χ2n) is 9.93. The Morgan fingerprint density at radius 2 is 1.63 bits per heavy atom. The number of nitrogens with one attached hydrogen (secondary N) is 1. The van der Waals surface area contributed by atoms with Crippen molar-refractivity contribution in [1.29, 1.82) is 5.26 Å². The monoisotopic (exact) mass is 594 g/mol. The Morgan fingerprint density at radius 1 is 0.953 bits per heavy atom. The summed E-state index contributed by atoms with van der Waals surface area (Å²) < 4.78 is 50.5. The van der Waals surface area contributed by atoms with Gasteiger partial charge in [-0.05, 0) is 61.9 Å². The molecular weight excluding hydrogens is 569 g/mol. The number of nitriles is 1. The molecule has 3 aromatic rings. The smallest absolute Gasteiger partial charge is 0.417 e. The van der Waals surface area contributed by atoms with Gasteiger partial charge in [0.05, 0.1) is 60.5 Å². The van der Waals surface area contributed by atoms with Gasteiger partial charge in [-0.3, -0.25) is 4.79 Å². The Hall–Kier alpha value is -5.38. The first kappa shape index (κ1) is 30.6. The van der Waals surface area contributed by atoms with E-state index in [0.717, 1.165) is 12.1 Å². The van der Waals surface area contributed by atoms with Gasteiger partial charge in [0.2, 0.25) is 0 Å². The van der Waals surface area contributed by atoms with Gasteiger partial charge in [0.25, 0.3) is 5.91 Å². The van der Waals surface area contributed by atoms with Crippen molar-refractivity contribution in [2.75, 3.05) is 24.4 Å². The van der Waals surface area contributed by atoms with Gasteiger partial charge in [0.1, 0.15) is 5.54 Å². The highest BCUT2D eigenvalue weighted by atomic mass is 19.4. The van der Waals surface area contributed by atoms with Crippen LogP contribution in [-0.2, 0) is 27.0 Å². The van der Waals surface area contributed by atoms with E-state index in [1.165, 1.54) is 57.2 Å². The minimum Gasteiger partial charge on any atom is -0.465 e. The number of hydrogen-bond donors (Lipinski definition) is 1. The van der Waals surface area contributed by atoms with Crippen LogP contribution in [-0.4, -0.2) is 48.5 Å². The highest BCUT2D eigenvalue weighted by Gasteiger charge is 2.52. The van der Waals surface area contributed by atoms with Crippen molar-refractivity contribution in [3.8, 4) is 6.07 Å².